The van der Waals surface area contributed by atoms with Gasteiger partial charge in [-0.1, -0.05) is 37.3 Å². The van der Waals surface area contributed by atoms with Gasteiger partial charge in [0, 0.05) is 57.7 Å². The number of benzene rings is 1. The Balaban J connectivity index is 1.34. The Bertz CT molecular complexity index is 1920. The number of nitrogens with one attached hydrogen (secondary N) is 1. The number of likely N-dealkylation sites (tertiary alicyclic amines) is 1. The zero-order valence-electron chi connectivity index (χ0n) is 31.3. The number of rotatable bonds is 12. The third-order valence-electron chi connectivity index (χ3n) is 11.3. The quantitative estimate of drug-likeness (QED) is 0.206. The van der Waals surface area contributed by atoms with Crippen LogP contribution in [0.5, 0.6) is 0 Å². The molecular formula is C37H50N8O9S. The van der Waals surface area contributed by atoms with Crippen LogP contribution in [-0.4, -0.2) is 117 Å². The van der Waals surface area contributed by atoms with Crippen LogP contribution >= 0.6 is 0 Å². The van der Waals surface area contributed by atoms with Crippen molar-refractivity contribution in [3.8, 4) is 0 Å². The maximum absolute atomic E-state index is 14.8. The molecule has 1 aromatic carbocycles. The monoisotopic (exact) mass is 782 g/mol. The Morgan fingerprint density at radius 2 is 1.67 bits per heavy atom. The number of Topliss-reactive ketones (excluding diaryl/α,β-unsaturated/α-hetero) is 1. The summed E-state index contributed by atoms with van der Waals surface area (Å²) in [6, 6.07) is 3.62. The number of aliphatic hydroxyl groups is 1. The van der Waals surface area contributed by atoms with Crippen molar-refractivity contribution in [2.24, 2.45) is 16.6 Å². The van der Waals surface area contributed by atoms with Crippen LogP contribution in [0.25, 0.3) is 0 Å². The van der Waals surface area contributed by atoms with Gasteiger partial charge in [-0.25, -0.2) is 18.1 Å². The average molecular weight is 783 g/mol. The van der Waals surface area contributed by atoms with E-state index in [0.29, 0.717) is 18.8 Å². The molecule has 4 fully saturated rings. The molecule has 4 amide bonds. The van der Waals surface area contributed by atoms with Gasteiger partial charge in [-0.05, 0) is 63.3 Å². The first kappa shape index (κ1) is 40.3. The number of hydrogen-bond donors (Lipinski definition) is 3. The fourth-order valence-electron chi connectivity index (χ4n) is 8.14. The summed E-state index contributed by atoms with van der Waals surface area (Å²) >= 11 is 0. The van der Waals surface area contributed by atoms with Crippen LogP contribution in [0.4, 0.5) is 0 Å². The lowest BCUT2D eigenvalue weighted by atomic mass is 9.84. The van der Waals surface area contributed by atoms with Gasteiger partial charge in [0.25, 0.3) is 17.7 Å². The lowest BCUT2D eigenvalue weighted by Gasteiger charge is -2.37. The van der Waals surface area contributed by atoms with Crippen LogP contribution in [0.2, 0.25) is 0 Å². The highest BCUT2D eigenvalue weighted by atomic mass is 32.2. The van der Waals surface area contributed by atoms with E-state index in [0.717, 1.165) is 44.9 Å². The molecule has 4 heterocycles. The molecule has 2 atom stereocenters. The second-order valence-electron chi connectivity index (χ2n) is 15.6. The second-order valence-corrected chi connectivity index (χ2v) is 17.5. The highest BCUT2D eigenvalue weighted by Crippen LogP contribution is 2.34. The summed E-state index contributed by atoms with van der Waals surface area (Å²) in [7, 11) is -3.72. The number of nitrogens with zero attached hydrogens (tertiary/aromatic N) is 6. The SMILES string of the molecule is CC(C)(O)c1cnnn1[C@H]1C[C@@H](C(=O)NC2(C(=O)C(N)=O)CCOCC2)N(C(=O)/C(CC2CCCCC2)=N/C(=O)c2ccc(S(=O)(=O)N3CCCC3)cc2)C1. The van der Waals surface area contributed by atoms with Crippen molar-refractivity contribution in [2.45, 2.75) is 113 Å². The van der Waals surface area contributed by atoms with Gasteiger partial charge >= 0.3 is 0 Å². The number of ketones is 1. The van der Waals surface area contributed by atoms with Gasteiger partial charge < -0.3 is 25.8 Å². The number of aromatic nitrogens is 3. The van der Waals surface area contributed by atoms with Gasteiger partial charge in [0.15, 0.2) is 0 Å². The number of hydrogen-bond acceptors (Lipinski definition) is 11. The highest BCUT2D eigenvalue weighted by Gasteiger charge is 2.49. The minimum absolute atomic E-state index is 0.00103. The molecule has 1 aliphatic carbocycles. The molecule has 4 N–H and O–H groups in total. The van der Waals surface area contributed by atoms with Crippen molar-refractivity contribution in [1.82, 2.24) is 29.5 Å². The van der Waals surface area contributed by atoms with E-state index in [1.165, 1.54) is 44.3 Å². The molecule has 4 aliphatic rings. The number of aliphatic imine (C=N–C) groups is 1. The second kappa shape index (κ2) is 16.4. The van der Waals surface area contributed by atoms with E-state index in [-0.39, 0.29) is 67.5 Å². The number of primary amides is 1. The van der Waals surface area contributed by atoms with Crippen LogP contribution in [-0.2, 0) is 39.5 Å². The molecule has 1 saturated carbocycles. The lowest BCUT2D eigenvalue weighted by Crippen LogP contribution is -2.63. The summed E-state index contributed by atoms with van der Waals surface area (Å²) in [6.07, 6.45) is 7.73. The van der Waals surface area contributed by atoms with Gasteiger partial charge in [-0.2, -0.15) is 4.31 Å². The fourth-order valence-corrected chi connectivity index (χ4v) is 9.66. The molecule has 0 spiro atoms. The van der Waals surface area contributed by atoms with Crippen molar-refractivity contribution in [1.29, 1.82) is 0 Å². The van der Waals surface area contributed by atoms with E-state index in [1.54, 1.807) is 13.8 Å². The molecule has 3 aliphatic heterocycles. The van der Waals surface area contributed by atoms with Gasteiger partial charge in [-0.15, -0.1) is 5.10 Å². The lowest BCUT2D eigenvalue weighted by molar-refractivity contribution is -0.146. The van der Waals surface area contributed by atoms with E-state index in [4.69, 9.17) is 10.5 Å². The predicted molar refractivity (Wildman–Crippen MR) is 197 cm³/mol. The van der Waals surface area contributed by atoms with Crippen molar-refractivity contribution in [3.05, 3.63) is 41.7 Å². The molecule has 0 bridgehead atoms. The van der Waals surface area contributed by atoms with E-state index < -0.39 is 62.7 Å². The van der Waals surface area contributed by atoms with Crippen LogP contribution in [0.3, 0.4) is 0 Å². The molecule has 55 heavy (non-hydrogen) atoms. The smallest absolute Gasteiger partial charge is 0.287 e. The van der Waals surface area contributed by atoms with E-state index in [2.05, 4.69) is 20.6 Å². The van der Waals surface area contributed by atoms with E-state index in [1.807, 2.05) is 0 Å². The maximum Gasteiger partial charge on any atom is 0.287 e. The summed E-state index contributed by atoms with van der Waals surface area (Å²) < 4.78 is 34.5. The molecule has 0 radical (unpaired) electrons. The first-order valence-electron chi connectivity index (χ1n) is 19.0. The molecule has 6 rings (SSSR count). The van der Waals surface area contributed by atoms with Gasteiger partial charge in [0.05, 0.1) is 22.8 Å². The Morgan fingerprint density at radius 1 is 1.02 bits per heavy atom. The minimum Gasteiger partial charge on any atom is -0.384 e. The van der Waals surface area contributed by atoms with Crippen molar-refractivity contribution < 1.29 is 42.2 Å². The number of sulfonamides is 1. The number of carbonyl (C=O) groups excluding carboxylic acids is 5. The Kier molecular flexibility index (Phi) is 12.0. The topological polar surface area (TPSA) is 237 Å². The minimum atomic E-state index is -3.72. The molecule has 2 aromatic rings. The molecular weight excluding hydrogens is 733 g/mol. The first-order chi connectivity index (χ1) is 26.1. The number of nitrogens with two attached hydrogens (primary N) is 1. The van der Waals surface area contributed by atoms with Gasteiger partial charge in [0.1, 0.15) is 22.9 Å². The van der Waals surface area contributed by atoms with E-state index >= 15 is 0 Å². The summed E-state index contributed by atoms with van der Waals surface area (Å²) in [5, 5.41) is 21.8. The molecule has 0 unspecified atom stereocenters. The number of carbonyl (C=O) groups is 5. The fraction of sp³-hybridized carbons (Fsp3) is 0.622. The maximum atomic E-state index is 14.8. The van der Waals surface area contributed by atoms with E-state index in [9.17, 15) is 37.5 Å². The predicted octanol–water partition coefficient (Wildman–Crippen LogP) is 1.40. The number of ether oxygens (including phenoxy) is 1. The Morgan fingerprint density at radius 3 is 2.29 bits per heavy atom. The summed E-state index contributed by atoms with van der Waals surface area (Å²) in [6.45, 7) is 4.09. The van der Waals surface area contributed by atoms with Crippen LogP contribution in [0, 0.1) is 5.92 Å². The van der Waals surface area contributed by atoms with Crippen molar-refractivity contribution >= 4 is 45.1 Å². The number of amides is 4. The molecule has 17 nitrogen and oxygen atoms in total. The van der Waals surface area contributed by atoms with Crippen molar-refractivity contribution in [3.63, 3.8) is 0 Å². The van der Waals surface area contributed by atoms with Gasteiger partial charge in [-0.3, -0.25) is 24.0 Å². The third-order valence-corrected chi connectivity index (χ3v) is 13.2. The van der Waals surface area contributed by atoms with Crippen molar-refractivity contribution in [2.75, 3.05) is 32.8 Å². The average Bonchev–Trinajstić information content (AvgIpc) is 3.97. The van der Waals surface area contributed by atoms with Gasteiger partial charge in [0.2, 0.25) is 21.7 Å². The Hall–Kier alpha value is -4.39. The summed E-state index contributed by atoms with van der Waals surface area (Å²) in [5.41, 5.74) is 2.78. The van der Waals surface area contributed by atoms with Crippen LogP contribution < -0.4 is 11.1 Å². The summed E-state index contributed by atoms with van der Waals surface area (Å²) in [4.78, 5) is 73.9. The largest absolute Gasteiger partial charge is 0.384 e. The third kappa shape index (κ3) is 8.71. The standard InChI is InChI=1S/C37H50N8O9S/c1-36(2,51)30-22-39-42-45(30)26-21-29(34(49)41-37(31(46)32(38)47)14-18-54-19-15-37)44(23-26)35(50)28(20-24-8-4-3-5-9-24)40-33(48)25-10-12-27(13-11-25)55(52,53)43-16-6-7-17-43/h10-13,22,24,26,29,51H,3-9,14-21,23H2,1-2H3,(H2,38,47)(H,41,49)/b40-28+/t26-,29-/m0/s1. The molecule has 1 aromatic heterocycles. The van der Waals surface area contributed by atoms with Crippen LogP contribution in [0.15, 0.2) is 40.4 Å². The highest BCUT2D eigenvalue weighted by molar-refractivity contribution is 7.89. The Labute approximate surface area is 320 Å². The zero-order valence-corrected chi connectivity index (χ0v) is 32.1. The van der Waals surface area contributed by atoms with Crippen LogP contribution in [0.1, 0.15) is 107 Å². The molecule has 3 saturated heterocycles. The molecule has 18 heteroatoms. The molecule has 298 valence electrons. The summed E-state index contributed by atoms with van der Waals surface area (Å²) in [5.74, 6) is -4.24. The normalized spacial score (nSPS) is 22.7. The zero-order chi connectivity index (χ0) is 39.5. The first-order valence-corrected chi connectivity index (χ1v) is 20.4.